The van der Waals surface area contributed by atoms with Crippen LogP contribution in [-0.4, -0.2) is 12.3 Å². The van der Waals surface area contributed by atoms with Crippen molar-refractivity contribution in [2.45, 2.75) is 12.8 Å². The molecule has 0 heterocycles. The molecule has 21 heavy (non-hydrogen) atoms. The number of carbonyl (C=O) groups is 1. The fraction of sp³-hybridized carbons (Fsp3) is 0.133. The number of benzene rings is 2. The molecule has 0 radical (unpaired) electrons. The van der Waals surface area contributed by atoms with Crippen LogP contribution in [-0.2, 0) is 11.2 Å². The lowest BCUT2D eigenvalue weighted by Crippen LogP contribution is -2.17. The van der Waals surface area contributed by atoms with Crippen LogP contribution in [0, 0.1) is 0 Å². The van der Waals surface area contributed by atoms with Crippen molar-refractivity contribution >= 4 is 5.91 Å². The molecule has 0 aliphatic heterocycles. The van der Waals surface area contributed by atoms with E-state index < -0.39 is 12.3 Å². The predicted octanol–water partition coefficient (Wildman–Crippen LogP) is 3.28. The van der Waals surface area contributed by atoms with E-state index in [0.29, 0.717) is 5.56 Å². The van der Waals surface area contributed by atoms with Crippen molar-refractivity contribution in [2.75, 3.05) is 0 Å². The molecule has 2 N–H and O–H groups in total. The van der Waals surface area contributed by atoms with Gasteiger partial charge in [0.05, 0.1) is 6.42 Å². The van der Waals surface area contributed by atoms with Crippen molar-refractivity contribution in [1.82, 2.24) is 0 Å². The maximum absolute atomic E-state index is 12.1. The minimum atomic E-state index is -4.72. The zero-order valence-corrected chi connectivity index (χ0v) is 10.9. The lowest BCUT2D eigenvalue weighted by atomic mass is 9.97. The summed E-state index contributed by atoms with van der Waals surface area (Å²) in [6, 6.07) is 12.5. The summed E-state index contributed by atoms with van der Waals surface area (Å²) >= 11 is 0. The Balaban J connectivity index is 2.29. The molecule has 3 nitrogen and oxygen atoms in total. The van der Waals surface area contributed by atoms with Gasteiger partial charge >= 0.3 is 6.36 Å². The standard InChI is InChI=1S/C15H12F3NO2/c16-15(17,18)21-12-7-5-10(6-8-12)13-4-2-1-3-11(13)9-14(19)20/h1-8H,9H2,(H2,19,20). The van der Waals surface area contributed by atoms with Crippen LogP contribution < -0.4 is 10.5 Å². The molecule has 0 fully saturated rings. The number of hydrogen-bond acceptors (Lipinski definition) is 2. The Labute approximate surface area is 119 Å². The van der Waals surface area contributed by atoms with Crippen molar-refractivity contribution in [1.29, 1.82) is 0 Å². The van der Waals surface area contributed by atoms with Gasteiger partial charge in [-0.1, -0.05) is 36.4 Å². The third-order valence-electron chi connectivity index (χ3n) is 2.78. The number of nitrogens with two attached hydrogens (primary N) is 1. The van der Waals surface area contributed by atoms with E-state index in [1.807, 2.05) is 0 Å². The normalized spacial score (nSPS) is 11.2. The van der Waals surface area contributed by atoms with Crippen LogP contribution >= 0.6 is 0 Å². The monoisotopic (exact) mass is 295 g/mol. The molecule has 6 heteroatoms. The SMILES string of the molecule is NC(=O)Cc1ccccc1-c1ccc(OC(F)(F)F)cc1. The summed E-state index contributed by atoms with van der Waals surface area (Å²) in [6.07, 6.45) is -4.65. The molecular weight excluding hydrogens is 283 g/mol. The Bertz CT molecular complexity index is 636. The van der Waals surface area contributed by atoms with Gasteiger partial charge in [-0.2, -0.15) is 0 Å². The highest BCUT2D eigenvalue weighted by molar-refractivity contribution is 5.80. The van der Waals surface area contributed by atoms with Gasteiger partial charge in [-0.15, -0.1) is 13.2 Å². The van der Waals surface area contributed by atoms with Gasteiger partial charge in [-0.25, -0.2) is 0 Å². The minimum Gasteiger partial charge on any atom is -0.406 e. The molecule has 2 aromatic rings. The topological polar surface area (TPSA) is 52.3 Å². The minimum absolute atomic E-state index is 0.0664. The number of carbonyl (C=O) groups excluding carboxylic acids is 1. The summed E-state index contributed by atoms with van der Waals surface area (Å²) in [5.41, 5.74) is 7.33. The van der Waals surface area contributed by atoms with Crippen LogP contribution in [0.1, 0.15) is 5.56 Å². The first kappa shape index (κ1) is 14.9. The number of alkyl halides is 3. The summed E-state index contributed by atoms with van der Waals surface area (Å²) in [6.45, 7) is 0. The Morgan fingerprint density at radius 2 is 1.67 bits per heavy atom. The number of amides is 1. The van der Waals surface area contributed by atoms with Gasteiger partial charge in [0.2, 0.25) is 5.91 Å². The van der Waals surface area contributed by atoms with E-state index >= 15 is 0 Å². The van der Waals surface area contributed by atoms with E-state index in [4.69, 9.17) is 5.73 Å². The summed E-state index contributed by atoms with van der Waals surface area (Å²) in [7, 11) is 0. The van der Waals surface area contributed by atoms with E-state index in [-0.39, 0.29) is 12.2 Å². The highest BCUT2D eigenvalue weighted by Gasteiger charge is 2.30. The van der Waals surface area contributed by atoms with Crippen molar-refractivity contribution < 1.29 is 22.7 Å². The van der Waals surface area contributed by atoms with Gasteiger partial charge < -0.3 is 10.5 Å². The van der Waals surface area contributed by atoms with Crippen molar-refractivity contribution in [3.8, 4) is 16.9 Å². The van der Waals surface area contributed by atoms with Crippen LogP contribution in [0.15, 0.2) is 48.5 Å². The first-order valence-corrected chi connectivity index (χ1v) is 6.07. The molecule has 2 rings (SSSR count). The van der Waals surface area contributed by atoms with Gasteiger partial charge in [0.25, 0.3) is 0 Å². The zero-order valence-electron chi connectivity index (χ0n) is 10.9. The van der Waals surface area contributed by atoms with E-state index in [1.54, 1.807) is 24.3 Å². The lowest BCUT2D eigenvalue weighted by Gasteiger charge is -2.11. The number of halogens is 3. The van der Waals surface area contributed by atoms with E-state index in [9.17, 15) is 18.0 Å². The number of primary amides is 1. The lowest BCUT2D eigenvalue weighted by molar-refractivity contribution is -0.274. The largest absolute Gasteiger partial charge is 0.573 e. The average molecular weight is 295 g/mol. The maximum atomic E-state index is 12.1. The van der Waals surface area contributed by atoms with Gasteiger partial charge in [0, 0.05) is 0 Å². The van der Waals surface area contributed by atoms with Gasteiger partial charge in [-0.05, 0) is 28.8 Å². The van der Waals surface area contributed by atoms with Crippen LogP contribution in [0.2, 0.25) is 0 Å². The van der Waals surface area contributed by atoms with Crippen molar-refractivity contribution in [3.63, 3.8) is 0 Å². The maximum Gasteiger partial charge on any atom is 0.573 e. The second-order valence-corrected chi connectivity index (χ2v) is 4.37. The molecule has 0 saturated heterocycles. The highest BCUT2D eigenvalue weighted by Crippen LogP contribution is 2.28. The average Bonchev–Trinajstić information content (AvgIpc) is 2.38. The van der Waals surface area contributed by atoms with Crippen molar-refractivity contribution in [3.05, 3.63) is 54.1 Å². The van der Waals surface area contributed by atoms with Crippen LogP contribution in [0.25, 0.3) is 11.1 Å². The fourth-order valence-corrected chi connectivity index (χ4v) is 1.98. The quantitative estimate of drug-likeness (QED) is 0.941. The molecule has 0 saturated carbocycles. The Hall–Kier alpha value is -2.50. The second-order valence-electron chi connectivity index (χ2n) is 4.37. The van der Waals surface area contributed by atoms with E-state index in [2.05, 4.69) is 4.74 Å². The third kappa shape index (κ3) is 4.24. The molecule has 0 spiro atoms. The van der Waals surface area contributed by atoms with Gasteiger partial charge in [-0.3, -0.25) is 4.79 Å². The van der Waals surface area contributed by atoms with E-state index in [0.717, 1.165) is 11.1 Å². The molecule has 1 amide bonds. The highest BCUT2D eigenvalue weighted by atomic mass is 19.4. The van der Waals surface area contributed by atoms with Crippen LogP contribution in [0.5, 0.6) is 5.75 Å². The van der Waals surface area contributed by atoms with Crippen LogP contribution in [0.3, 0.4) is 0 Å². The fourth-order valence-electron chi connectivity index (χ4n) is 1.98. The second kappa shape index (κ2) is 5.87. The predicted molar refractivity (Wildman–Crippen MR) is 71.5 cm³/mol. The summed E-state index contributed by atoms with van der Waals surface area (Å²) in [5, 5.41) is 0. The Kier molecular flexibility index (Phi) is 4.16. The first-order chi connectivity index (χ1) is 9.85. The Morgan fingerprint density at radius 1 is 1.05 bits per heavy atom. The van der Waals surface area contributed by atoms with E-state index in [1.165, 1.54) is 24.3 Å². The number of ether oxygens (including phenoxy) is 1. The smallest absolute Gasteiger partial charge is 0.406 e. The molecule has 0 aliphatic rings. The zero-order chi connectivity index (χ0) is 15.5. The van der Waals surface area contributed by atoms with Crippen LogP contribution in [0.4, 0.5) is 13.2 Å². The Morgan fingerprint density at radius 3 is 2.24 bits per heavy atom. The summed E-state index contributed by atoms with van der Waals surface area (Å²) in [4.78, 5) is 11.0. The molecule has 0 atom stereocenters. The molecule has 0 unspecified atom stereocenters. The van der Waals surface area contributed by atoms with Crippen molar-refractivity contribution in [2.24, 2.45) is 5.73 Å². The van der Waals surface area contributed by atoms with Gasteiger partial charge in [0.15, 0.2) is 0 Å². The number of rotatable bonds is 4. The summed E-state index contributed by atoms with van der Waals surface area (Å²) < 4.78 is 40.1. The summed E-state index contributed by atoms with van der Waals surface area (Å²) in [5.74, 6) is -0.766. The molecule has 2 aromatic carbocycles. The molecule has 0 bridgehead atoms. The molecule has 0 aromatic heterocycles. The first-order valence-electron chi connectivity index (χ1n) is 6.07. The van der Waals surface area contributed by atoms with Gasteiger partial charge in [0.1, 0.15) is 5.75 Å². The molecular formula is C15H12F3NO2. The molecule has 0 aliphatic carbocycles. The third-order valence-corrected chi connectivity index (χ3v) is 2.78. The number of hydrogen-bond donors (Lipinski definition) is 1. The molecule has 110 valence electrons.